The highest BCUT2D eigenvalue weighted by Crippen LogP contribution is 2.33. The summed E-state index contributed by atoms with van der Waals surface area (Å²) >= 11 is 7.55. The Balaban J connectivity index is 1.77. The fraction of sp³-hybridized carbons (Fsp3) is 0.167. The summed E-state index contributed by atoms with van der Waals surface area (Å²) in [6.45, 7) is 0.378. The van der Waals surface area contributed by atoms with Gasteiger partial charge in [-0.25, -0.2) is 14.4 Å². The van der Waals surface area contributed by atoms with Crippen LogP contribution >= 0.6 is 22.9 Å². The van der Waals surface area contributed by atoms with Gasteiger partial charge >= 0.3 is 0 Å². The van der Waals surface area contributed by atoms with Crippen molar-refractivity contribution < 1.29 is 4.39 Å². The first kappa shape index (κ1) is 16.2. The number of allylic oxidation sites excluding steroid dienone is 4. The summed E-state index contributed by atoms with van der Waals surface area (Å²) in [5.74, 6) is 0.541. The minimum atomic E-state index is -0.981. The van der Waals surface area contributed by atoms with Crippen LogP contribution in [0.5, 0.6) is 0 Å². The van der Waals surface area contributed by atoms with Gasteiger partial charge in [-0.2, -0.15) is 5.10 Å². The zero-order valence-electron chi connectivity index (χ0n) is 13.1. The van der Waals surface area contributed by atoms with Crippen LogP contribution in [-0.2, 0) is 6.54 Å². The molecule has 7 heteroatoms. The molecular weight excluding hydrogens is 359 g/mol. The number of thiophene rings is 1. The Labute approximate surface area is 153 Å². The van der Waals surface area contributed by atoms with Crippen LogP contribution in [0, 0.1) is 0 Å². The van der Waals surface area contributed by atoms with Gasteiger partial charge in [0.05, 0.1) is 21.5 Å². The molecule has 0 saturated heterocycles. The van der Waals surface area contributed by atoms with Gasteiger partial charge in [0.1, 0.15) is 11.9 Å². The third-order valence-electron chi connectivity index (χ3n) is 3.92. The number of halogens is 2. The lowest BCUT2D eigenvalue weighted by Crippen LogP contribution is -2.14. The smallest absolute Gasteiger partial charge is 0.180 e. The number of alkyl halides is 1. The van der Waals surface area contributed by atoms with Gasteiger partial charge in [0.25, 0.3) is 0 Å². The van der Waals surface area contributed by atoms with E-state index in [1.54, 1.807) is 23.1 Å². The maximum absolute atomic E-state index is 14.2. The molecule has 0 amide bonds. The molecule has 25 heavy (non-hydrogen) atoms. The van der Waals surface area contributed by atoms with E-state index in [1.165, 1.54) is 11.3 Å². The van der Waals surface area contributed by atoms with Crippen molar-refractivity contribution in [1.82, 2.24) is 19.7 Å². The number of aromatic nitrogens is 4. The Bertz CT molecular complexity index is 945. The molecule has 1 unspecified atom stereocenters. The molecule has 3 aromatic rings. The maximum Gasteiger partial charge on any atom is 0.180 e. The maximum atomic E-state index is 14.2. The van der Waals surface area contributed by atoms with Gasteiger partial charge in [0.15, 0.2) is 5.82 Å². The molecular formula is C18H14ClFN4S. The molecule has 0 N–H and O–H groups in total. The first-order chi connectivity index (χ1) is 12.2. The Hall–Kier alpha value is -2.31. The van der Waals surface area contributed by atoms with E-state index in [4.69, 9.17) is 11.6 Å². The lowest BCUT2D eigenvalue weighted by Gasteiger charge is -2.15. The van der Waals surface area contributed by atoms with Crippen LogP contribution in [0.3, 0.4) is 0 Å². The summed E-state index contributed by atoms with van der Waals surface area (Å²) in [7, 11) is 0. The Kier molecular flexibility index (Phi) is 4.46. The van der Waals surface area contributed by atoms with Gasteiger partial charge in [-0.05, 0) is 29.8 Å². The largest absolute Gasteiger partial charge is 0.259 e. The van der Waals surface area contributed by atoms with Gasteiger partial charge in [-0.15, -0.1) is 11.3 Å². The molecule has 1 aliphatic carbocycles. The van der Waals surface area contributed by atoms with E-state index in [-0.39, 0.29) is 0 Å². The van der Waals surface area contributed by atoms with E-state index >= 15 is 0 Å². The number of rotatable bonds is 4. The monoisotopic (exact) mass is 372 g/mol. The van der Waals surface area contributed by atoms with Crippen LogP contribution in [0.1, 0.15) is 6.42 Å². The summed E-state index contributed by atoms with van der Waals surface area (Å²) in [6.07, 6.45) is 8.31. The van der Waals surface area contributed by atoms with Crippen LogP contribution < -0.4 is 0 Å². The molecule has 0 aromatic carbocycles. The van der Waals surface area contributed by atoms with E-state index in [1.807, 2.05) is 36.4 Å². The Morgan fingerprint density at radius 2 is 2.12 bits per heavy atom. The van der Waals surface area contributed by atoms with Gasteiger partial charge in [0, 0.05) is 18.8 Å². The number of nitrogens with zero attached hydrogens (tertiary/aromatic N) is 4. The van der Waals surface area contributed by atoms with Crippen molar-refractivity contribution >= 4 is 22.9 Å². The highest BCUT2D eigenvalue weighted by Gasteiger charge is 2.19. The molecule has 3 aromatic heterocycles. The molecule has 0 fully saturated rings. The average molecular weight is 373 g/mol. The fourth-order valence-electron chi connectivity index (χ4n) is 2.70. The molecule has 0 spiro atoms. The lowest BCUT2D eigenvalue weighted by atomic mass is 10.0. The topological polar surface area (TPSA) is 43.6 Å². The highest BCUT2D eigenvalue weighted by atomic mass is 35.5. The first-order valence-electron chi connectivity index (χ1n) is 7.81. The fourth-order valence-corrected chi connectivity index (χ4v) is 3.76. The van der Waals surface area contributed by atoms with E-state index in [0.717, 1.165) is 10.6 Å². The van der Waals surface area contributed by atoms with Gasteiger partial charge in [-0.1, -0.05) is 29.8 Å². The average Bonchev–Trinajstić information content (AvgIpc) is 3.24. The van der Waals surface area contributed by atoms with Crippen LogP contribution in [0.25, 0.3) is 22.1 Å². The zero-order chi connectivity index (χ0) is 17.2. The molecule has 4 nitrogen and oxygen atoms in total. The van der Waals surface area contributed by atoms with Gasteiger partial charge in [-0.3, -0.25) is 4.68 Å². The third-order valence-corrected chi connectivity index (χ3v) is 5.18. The number of hydrogen-bond acceptors (Lipinski definition) is 4. The summed E-state index contributed by atoms with van der Waals surface area (Å²) in [6, 6.07) is 7.47. The molecule has 0 aliphatic heterocycles. The second-order valence-electron chi connectivity index (χ2n) is 5.62. The quantitative estimate of drug-likeness (QED) is 0.651. The summed E-state index contributed by atoms with van der Waals surface area (Å²) in [4.78, 5) is 9.48. The van der Waals surface area contributed by atoms with Gasteiger partial charge < -0.3 is 0 Å². The Morgan fingerprint density at radius 1 is 1.28 bits per heavy atom. The van der Waals surface area contributed by atoms with Crippen molar-refractivity contribution in [2.45, 2.75) is 19.1 Å². The van der Waals surface area contributed by atoms with E-state index in [2.05, 4.69) is 15.1 Å². The molecule has 1 aliphatic rings. The molecule has 1 atom stereocenters. The third kappa shape index (κ3) is 3.41. The van der Waals surface area contributed by atoms with Crippen molar-refractivity contribution in [1.29, 1.82) is 0 Å². The van der Waals surface area contributed by atoms with Crippen molar-refractivity contribution in [3.63, 3.8) is 0 Å². The molecule has 0 saturated carbocycles. The van der Waals surface area contributed by atoms with E-state index < -0.39 is 6.17 Å². The highest BCUT2D eigenvalue weighted by molar-refractivity contribution is 7.19. The second-order valence-corrected chi connectivity index (χ2v) is 7.34. The summed E-state index contributed by atoms with van der Waals surface area (Å²) < 4.78 is 16.7. The molecule has 4 rings (SSSR count). The van der Waals surface area contributed by atoms with Crippen LogP contribution in [-0.4, -0.2) is 25.9 Å². The normalized spacial score (nSPS) is 16.9. The van der Waals surface area contributed by atoms with Gasteiger partial charge in [0.2, 0.25) is 0 Å². The summed E-state index contributed by atoms with van der Waals surface area (Å²) in [5, 5.41) is 4.62. The molecule has 0 bridgehead atoms. The van der Waals surface area contributed by atoms with E-state index in [0.29, 0.717) is 34.4 Å². The van der Waals surface area contributed by atoms with Crippen molar-refractivity contribution in [2.24, 2.45) is 0 Å². The lowest BCUT2D eigenvalue weighted by molar-refractivity contribution is 0.366. The van der Waals surface area contributed by atoms with Crippen molar-refractivity contribution in [3.8, 4) is 22.1 Å². The standard InChI is InChI=1S/C18H14ClFN4S/c19-17-7-6-16(25-17)15-10-14(18-21-8-3-9-22-18)23-24(15)11-12-4-1-2-5-13(12)20/h1-4,6-10,13H,5,11H2. The number of hydrogen-bond donors (Lipinski definition) is 0. The van der Waals surface area contributed by atoms with Crippen LogP contribution in [0.2, 0.25) is 4.34 Å². The minimum absolute atomic E-state index is 0.378. The molecule has 3 heterocycles. The van der Waals surface area contributed by atoms with Crippen LogP contribution in [0.4, 0.5) is 4.39 Å². The van der Waals surface area contributed by atoms with Crippen LogP contribution in [0.15, 0.2) is 60.5 Å². The Morgan fingerprint density at radius 3 is 2.84 bits per heavy atom. The predicted octanol–water partition coefficient (Wildman–Crippen LogP) is 4.95. The predicted molar refractivity (Wildman–Crippen MR) is 98.3 cm³/mol. The molecule has 126 valence electrons. The SMILES string of the molecule is FC1CC=CC=C1Cn1nc(-c2ncccn2)cc1-c1ccc(Cl)s1. The van der Waals surface area contributed by atoms with E-state index in [9.17, 15) is 4.39 Å². The van der Waals surface area contributed by atoms with Crippen molar-refractivity contribution in [2.75, 3.05) is 0 Å². The minimum Gasteiger partial charge on any atom is -0.259 e. The summed E-state index contributed by atoms with van der Waals surface area (Å²) in [5.41, 5.74) is 2.24. The second kappa shape index (κ2) is 6.90. The zero-order valence-corrected chi connectivity index (χ0v) is 14.7. The van der Waals surface area contributed by atoms with Crippen molar-refractivity contribution in [3.05, 3.63) is 64.8 Å². The molecule has 0 radical (unpaired) electrons. The first-order valence-corrected chi connectivity index (χ1v) is 9.01.